The molecule has 2 fully saturated rings. The van der Waals surface area contributed by atoms with Crippen molar-refractivity contribution >= 4 is 45.1 Å². The largest absolute Gasteiger partial charge is 0.463 e. The number of halogens is 2. The van der Waals surface area contributed by atoms with Crippen LogP contribution >= 0.6 is 11.6 Å². The van der Waals surface area contributed by atoms with Crippen LogP contribution in [0.3, 0.4) is 0 Å². The first-order valence-corrected chi connectivity index (χ1v) is 14.6. The summed E-state index contributed by atoms with van der Waals surface area (Å²) in [5.74, 6) is -0.0659. The van der Waals surface area contributed by atoms with Crippen molar-refractivity contribution in [2.24, 2.45) is 5.41 Å². The molecule has 42 heavy (non-hydrogen) atoms. The van der Waals surface area contributed by atoms with Gasteiger partial charge in [-0.25, -0.2) is 9.37 Å². The van der Waals surface area contributed by atoms with E-state index in [-0.39, 0.29) is 29.1 Å². The summed E-state index contributed by atoms with van der Waals surface area (Å²) in [7, 11) is 4.12. The number of benzene rings is 2. The normalized spacial score (nSPS) is 18.1. The van der Waals surface area contributed by atoms with Crippen molar-refractivity contribution in [3.63, 3.8) is 0 Å². The Kier molecular flexibility index (Phi) is 7.49. The van der Waals surface area contributed by atoms with Crippen LogP contribution in [0.2, 0.25) is 5.02 Å². The molecule has 0 bridgehead atoms. The highest BCUT2D eigenvalue weighted by atomic mass is 35.5. The van der Waals surface area contributed by atoms with Crippen molar-refractivity contribution in [3.05, 3.63) is 66.0 Å². The smallest absolute Gasteiger partial charge is 0.320 e. The van der Waals surface area contributed by atoms with Gasteiger partial charge in [-0.05, 0) is 57.5 Å². The summed E-state index contributed by atoms with van der Waals surface area (Å²) in [6.45, 7) is 8.53. The number of hydrogen-bond acceptors (Lipinski definition) is 7. The molecule has 4 aromatic rings. The maximum atomic E-state index is 16.0. The molecule has 2 aromatic heterocycles. The second kappa shape index (κ2) is 11.1. The molecule has 1 saturated carbocycles. The van der Waals surface area contributed by atoms with Crippen molar-refractivity contribution in [1.82, 2.24) is 24.8 Å². The summed E-state index contributed by atoms with van der Waals surface area (Å²) in [4.78, 5) is 32.6. The summed E-state index contributed by atoms with van der Waals surface area (Å²) in [6, 6.07) is 12.8. The SMILES string of the molecule is C=CC(=O)N1CCN(c2nc(OCC3(CN(C)C)CC3)nc3nc(-c4cccc5cccc(Cl)c45)c(F)cc23)[C@H](C)C1. The molecule has 0 spiro atoms. The van der Waals surface area contributed by atoms with E-state index in [1.54, 1.807) is 11.0 Å². The number of aromatic nitrogens is 3. The summed E-state index contributed by atoms with van der Waals surface area (Å²) < 4.78 is 22.2. The fraction of sp³-hybridized carbons (Fsp3) is 0.375. The maximum absolute atomic E-state index is 16.0. The van der Waals surface area contributed by atoms with Gasteiger partial charge < -0.3 is 19.4 Å². The summed E-state index contributed by atoms with van der Waals surface area (Å²) in [5.41, 5.74) is 1.17. The number of carbonyl (C=O) groups excluding carboxylic acids is 1. The minimum absolute atomic E-state index is 0.0764. The van der Waals surface area contributed by atoms with E-state index in [0.29, 0.717) is 53.7 Å². The summed E-state index contributed by atoms with van der Waals surface area (Å²) >= 11 is 6.58. The van der Waals surface area contributed by atoms with Crippen molar-refractivity contribution in [1.29, 1.82) is 0 Å². The predicted octanol–water partition coefficient (Wildman–Crippen LogP) is 5.58. The van der Waals surface area contributed by atoms with Gasteiger partial charge >= 0.3 is 6.01 Å². The van der Waals surface area contributed by atoms with Crippen molar-refractivity contribution in [2.45, 2.75) is 25.8 Å². The number of nitrogens with zero attached hydrogens (tertiary/aromatic N) is 6. The number of piperazine rings is 1. The first-order chi connectivity index (χ1) is 20.2. The van der Waals surface area contributed by atoms with E-state index in [0.717, 1.165) is 30.2 Å². The number of carbonyl (C=O) groups is 1. The topological polar surface area (TPSA) is 74.7 Å². The molecule has 1 saturated heterocycles. The van der Waals surface area contributed by atoms with Crippen LogP contribution < -0.4 is 9.64 Å². The van der Waals surface area contributed by atoms with Gasteiger partial charge in [0.25, 0.3) is 0 Å². The van der Waals surface area contributed by atoms with E-state index < -0.39 is 5.82 Å². The van der Waals surface area contributed by atoms with E-state index in [9.17, 15) is 4.79 Å². The van der Waals surface area contributed by atoms with Crippen LogP contribution in [0.1, 0.15) is 19.8 Å². The Morgan fingerprint density at radius 1 is 1.19 bits per heavy atom. The van der Waals surface area contributed by atoms with Crippen LogP contribution in [0, 0.1) is 11.2 Å². The summed E-state index contributed by atoms with van der Waals surface area (Å²) in [5, 5.41) is 2.63. The zero-order chi connectivity index (χ0) is 29.6. The standard InChI is InChI=1S/C32H34ClFN6O2/c1-5-26(41)39-14-15-40(20(2)17-39)30-23-16-25(34)28(22-10-6-8-21-9-7-11-24(33)27(21)22)35-29(23)36-31(37-30)42-19-32(12-13-32)18-38(3)4/h5-11,16,20H,1,12-15,17-19H2,2-4H3/t20-/m1/s1. The molecule has 2 aromatic carbocycles. The van der Waals surface area contributed by atoms with Gasteiger partial charge in [0.2, 0.25) is 5.91 Å². The lowest BCUT2D eigenvalue weighted by atomic mass is 10.0. The summed E-state index contributed by atoms with van der Waals surface area (Å²) in [6.07, 6.45) is 3.49. The molecule has 0 unspecified atom stereocenters. The number of hydrogen-bond donors (Lipinski definition) is 0. The van der Waals surface area contributed by atoms with Gasteiger partial charge in [-0.3, -0.25) is 4.79 Å². The van der Waals surface area contributed by atoms with Crippen molar-refractivity contribution < 1.29 is 13.9 Å². The maximum Gasteiger partial charge on any atom is 0.320 e. The number of rotatable bonds is 8. The fourth-order valence-corrected chi connectivity index (χ4v) is 6.26. The average molecular weight is 589 g/mol. The zero-order valence-electron chi connectivity index (χ0n) is 24.1. The molecular formula is C32H34ClFN6O2. The van der Waals surface area contributed by atoms with Crippen LogP contribution in [-0.2, 0) is 4.79 Å². The lowest BCUT2D eigenvalue weighted by Crippen LogP contribution is -2.53. The van der Waals surface area contributed by atoms with Crippen LogP contribution in [0.15, 0.2) is 55.1 Å². The molecule has 10 heteroatoms. The van der Waals surface area contributed by atoms with Gasteiger partial charge in [-0.2, -0.15) is 9.97 Å². The Morgan fingerprint density at radius 2 is 1.95 bits per heavy atom. The second-order valence-corrected chi connectivity index (χ2v) is 12.1. The minimum atomic E-state index is -0.496. The number of ether oxygens (including phenoxy) is 1. The van der Waals surface area contributed by atoms with Gasteiger partial charge in [0.15, 0.2) is 5.65 Å². The highest BCUT2D eigenvalue weighted by Gasteiger charge is 2.44. The fourth-order valence-electron chi connectivity index (χ4n) is 5.98. The molecule has 1 aliphatic heterocycles. The van der Waals surface area contributed by atoms with Gasteiger partial charge in [0.1, 0.15) is 17.3 Å². The average Bonchev–Trinajstić information content (AvgIpc) is 3.73. The lowest BCUT2D eigenvalue weighted by molar-refractivity contribution is -0.126. The number of amides is 1. The molecule has 1 atom stereocenters. The van der Waals surface area contributed by atoms with Gasteiger partial charge in [-0.1, -0.05) is 48.5 Å². The Bertz CT molecular complexity index is 1690. The Balaban J connectivity index is 1.45. The van der Waals surface area contributed by atoms with Gasteiger partial charge in [-0.15, -0.1) is 0 Å². The van der Waals surface area contributed by atoms with Gasteiger partial charge in [0.05, 0.1) is 12.0 Å². The highest BCUT2D eigenvalue weighted by Crippen LogP contribution is 2.46. The molecule has 218 valence electrons. The number of anilines is 1. The quantitative estimate of drug-likeness (QED) is 0.249. The molecule has 6 rings (SSSR count). The van der Waals surface area contributed by atoms with E-state index in [1.807, 2.05) is 37.3 Å². The molecule has 0 radical (unpaired) electrons. The first kappa shape index (κ1) is 28.3. The molecule has 1 aliphatic carbocycles. The van der Waals surface area contributed by atoms with E-state index >= 15 is 4.39 Å². The molecular weight excluding hydrogens is 555 g/mol. The second-order valence-electron chi connectivity index (χ2n) is 11.7. The predicted molar refractivity (Wildman–Crippen MR) is 165 cm³/mol. The van der Waals surface area contributed by atoms with Crippen molar-refractivity contribution in [2.75, 3.05) is 51.8 Å². The Labute approximate surface area is 249 Å². The van der Waals surface area contributed by atoms with Gasteiger partial charge in [0, 0.05) is 53.6 Å². The number of fused-ring (bicyclic) bond motifs is 2. The molecule has 1 amide bonds. The third-order valence-corrected chi connectivity index (χ3v) is 8.53. The first-order valence-electron chi connectivity index (χ1n) is 14.2. The highest BCUT2D eigenvalue weighted by molar-refractivity contribution is 6.36. The van der Waals surface area contributed by atoms with E-state index in [4.69, 9.17) is 26.3 Å². The van der Waals surface area contributed by atoms with E-state index in [2.05, 4.69) is 35.5 Å². The van der Waals surface area contributed by atoms with Crippen LogP contribution in [-0.4, -0.2) is 83.6 Å². The minimum Gasteiger partial charge on any atom is -0.463 e. The Hall–Kier alpha value is -3.82. The van der Waals surface area contributed by atoms with Crippen LogP contribution in [0.25, 0.3) is 33.1 Å². The Morgan fingerprint density at radius 3 is 2.64 bits per heavy atom. The van der Waals surface area contributed by atoms with Crippen LogP contribution in [0.4, 0.5) is 10.2 Å². The molecule has 0 N–H and O–H groups in total. The lowest BCUT2D eigenvalue weighted by Gasteiger charge is -2.40. The third kappa shape index (κ3) is 5.39. The van der Waals surface area contributed by atoms with Crippen LogP contribution in [0.5, 0.6) is 6.01 Å². The van der Waals surface area contributed by atoms with Crippen molar-refractivity contribution in [3.8, 4) is 17.3 Å². The molecule has 8 nitrogen and oxygen atoms in total. The molecule has 3 heterocycles. The van der Waals surface area contributed by atoms with E-state index in [1.165, 1.54) is 12.1 Å². The molecule has 2 aliphatic rings. The third-order valence-electron chi connectivity index (χ3n) is 8.21. The number of pyridine rings is 1. The monoisotopic (exact) mass is 588 g/mol. The zero-order valence-corrected chi connectivity index (χ0v) is 24.9.